The van der Waals surface area contributed by atoms with Crippen LogP contribution in [0.15, 0.2) is 48.5 Å². The quantitative estimate of drug-likeness (QED) is 0.191. The highest BCUT2D eigenvalue weighted by atomic mass is 16.5. The van der Waals surface area contributed by atoms with Gasteiger partial charge in [-0.3, -0.25) is 0 Å². The van der Waals surface area contributed by atoms with Crippen LogP contribution in [0, 0.1) is 23.7 Å². The molecule has 4 rings (SSSR count). The van der Waals surface area contributed by atoms with Gasteiger partial charge in [-0.05, 0) is 105 Å². The summed E-state index contributed by atoms with van der Waals surface area (Å²) in [6, 6.07) is 12.7. The van der Waals surface area contributed by atoms with E-state index in [1.807, 2.05) is 0 Å². The third kappa shape index (κ3) is 9.66. The third-order valence-electron chi connectivity index (χ3n) is 8.86. The van der Waals surface area contributed by atoms with Gasteiger partial charge in [-0.1, -0.05) is 38.7 Å². The van der Waals surface area contributed by atoms with Gasteiger partial charge in [-0.25, -0.2) is 19.2 Å². The second-order valence-electron chi connectivity index (χ2n) is 12.0. The first-order valence-electron chi connectivity index (χ1n) is 15.7. The summed E-state index contributed by atoms with van der Waals surface area (Å²) in [6.07, 6.45) is 10.6. The molecule has 0 N–H and O–H groups in total. The fraction of sp³-hybridized carbons (Fsp3) is 0.543. The molecule has 2 fully saturated rings. The van der Waals surface area contributed by atoms with E-state index >= 15 is 0 Å². The number of rotatable bonds is 12. The van der Waals surface area contributed by atoms with Gasteiger partial charge in [0.15, 0.2) is 0 Å². The predicted octanol–water partition coefficient (Wildman–Crippen LogP) is 7.06. The number of esters is 4. The average molecular weight is 593 g/mol. The van der Waals surface area contributed by atoms with Gasteiger partial charge < -0.3 is 18.9 Å². The second kappa shape index (κ2) is 16.2. The van der Waals surface area contributed by atoms with Crippen molar-refractivity contribution in [1.82, 2.24) is 0 Å². The normalized spacial score (nSPS) is 21.8. The smallest absolute Gasteiger partial charge is 0.338 e. The molecule has 0 saturated heterocycles. The minimum Gasteiger partial charge on any atom is -0.465 e. The Morgan fingerprint density at radius 2 is 0.930 bits per heavy atom. The van der Waals surface area contributed by atoms with E-state index in [0.717, 1.165) is 44.4 Å². The Balaban J connectivity index is 1.14. The zero-order valence-corrected chi connectivity index (χ0v) is 25.4. The van der Waals surface area contributed by atoms with Crippen LogP contribution in [0.4, 0.5) is 0 Å². The maximum atomic E-state index is 12.7. The topological polar surface area (TPSA) is 105 Å². The molecule has 0 atom stereocenters. The van der Waals surface area contributed by atoms with Crippen LogP contribution < -0.4 is 0 Å². The number of benzene rings is 2. The summed E-state index contributed by atoms with van der Waals surface area (Å²) in [6.45, 7) is 3.30. The van der Waals surface area contributed by atoms with Crippen molar-refractivity contribution in [1.29, 1.82) is 0 Å². The van der Waals surface area contributed by atoms with Gasteiger partial charge in [0.1, 0.15) is 0 Å². The molecule has 0 amide bonds. The fourth-order valence-electron chi connectivity index (χ4n) is 6.12. The third-order valence-corrected chi connectivity index (χ3v) is 8.86. The number of carbonyl (C=O) groups excluding carboxylic acids is 4. The summed E-state index contributed by atoms with van der Waals surface area (Å²) in [5.74, 6) is -0.0126. The first-order valence-corrected chi connectivity index (χ1v) is 15.7. The van der Waals surface area contributed by atoms with Crippen molar-refractivity contribution in [3.8, 4) is 0 Å². The van der Waals surface area contributed by atoms with Gasteiger partial charge in [0, 0.05) is 0 Å². The van der Waals surface area contributed by atoms with Crippen LogP contribution >= 0.6 is 0 Å². The molecule has 0 unspecified atom stereocenters. The lowest BCUT2D eigenvalue weighted by atomic mass is 9.80. The van der Waals surface area contributed by atoms with E-state index in [1.165, 1.54) is 44.9 Å². The molecule has 2 aliphatic carbocycles. The molecular formula is C35H44O8. The Hall–Kier alpha value is -3.68. The molecule has 8 heteroatoms. The summed E-state index contributed by atoms with van der Waals surface area (Å²) in [4.78, 5) is 49.4. The largest absolute Gasteiger partial charge is 0.465 e. The van der Waals surface area contributed by atoms with Gasteiger partial charge in [-0.15, -0.1) is 0 Å². The summed E-state index contributed by atoms with van der Waals surface area (Å²) in [5, 5.41) is 0. The monoisotopic (exact) mass is 592 g/mol. The maximum Gasteiger partial charge on any atom is 0.338 e. The molecule has 0 aliphatic heterocycles. The molecule has 232 valence electrons. The molecule has 2 saturated carbocycles. The standard InChI is InChI=1S/C35H44O8/c1-3-5-24-8-10-25(11-9-24)22-42-34(38)30-6-4-7-31(20-30)35(39)43-23-27-14-12-26(13-15-27)21-41-33(37)29-18-16-28(17-19-29)32(36)40-2/h4,6-7,16-20,24-27H,3,5,8-15,21-23H2,1-2H3. The van der Waals surface area contributed by atoms with Crippen molar-refractivity contribution in [2.75, 3.05) is 26.9 Å². The van der Waals surface area contributed by atoms with E-state index in [1.54, 1.807) is 36.4 Å². The molecule has 43 heavy (non-hydrogen) atoms. The van der Waals surface area contributed by atoms with E-state index in [4.69, 9.17) is 14.2 Å². The maximum absolute atomic E-state index is 12.7. The highest BCUT2D eigenvalue weighted by molar-refractivity contribution is 5.95. The van der Waals surface area contributed by atoms with Crippen molar-refractivity contribution in [2.45, 2.75) is 71.1 Å². The highest BCUT2D eigenvalue weighted by Crippen LogP contribution is 2.32. The second-order valence-corrected chi connectivity index (χ2v) is 12.0. The van der Waals surface area contributed by atoms with Crippen molar-refractivity contribution in [3.05, 3.63) is 70.8 Å². The van der Waals surface area contributed by atoms with E-state index in [-0.39, 0.29) is 11.8 Å². The lowest BCUT2D eigenvalue weighted by Gasteiger charge is -2.28. The van der Waals surface area contributed by atoms with Crippen LogP contribution in [0.5, 0.6) is 0 Å². The number of carbonyl (C=O) groups is 4. The van der Waals surface area contributed by atoms with E-state index in [9.17, 15) is 19.2 Å². The Morgan fingerprint density at radius 1 is 0.558 bits per heavy atom. The summed E-state index contributed by atoms with van der Waals surface area (Å²) < 4.78 is 21.4. The van der Waals surface area contributed by atoms with Crippen molar-refractivity contribution < 1.29 is 38.1 Å². The van der Waals surface area contributed by atoms with Gasteiger partial charge in [0.25, 0.3) is 0 Å². The molecule has 0 heterocycles. The molecule has 0 radical (unpaired) electrons. The SMILES string of the molecule is CCCC1CCC(COC(=O)c2cccc(C(=O)OCC3CCC(COC(=O)c4ccc(C(=O)OC)cc4)CC3)c2)CC1. The van der Waals surface area contributed by atoms with Gasteiger partial charge in [-0.2, -0.15) is 0 Å². The van der Waals surface area contributed by atoms with Crippen LogP contribution in [-0.2, 0) is 18.9 Å². The molecule has 0 spiro atoms. The van der Waals surface area contributed by atoms with Crippen LogP contribution in [0.25, 0.3) is 0 Å². The van der Waals surface area contributed by atoms with E-state index in [2.05, 4.69) is 11.7 Å². The molecule has 2 aliphatic rings. The van der Waals surface area contributed by atoms with E-state index < -0.39 is 23.9 Å². The zero-order chi connectivity index (χ0) is 30.6. The molecular weight excluding hydrogens is 548 g/mol. The summed E-state index contributed by atoms with van der Waals surface area (Å²) >= 11 is 0. The van der Waals surface area contributed by atoms with Crippen molar-refractivity contribution in [2.24, 2.45) is 23.7 Å². The highest BCUT2D eigenvalue weighted by Gasteiger charge is 2.25. The Morgan fingerprint density at radius 3 is 1.33 bits per heavy atom. The van der Waals surface area contributed by atoms with Crippen LogP contribution in [0.2, 0.25) is 0 Å². The van der Waals surface area contributed by atoms with Crippen LogP contribution in [0.1, 0.15) is 113 Å². The molecule has 0 bridgehead atoms. The lowest BCUT2D eigenvalue weighted by Crippen LogP contribution is -2.24. The molecule has 0 aromatic heterocycles. The van der Waals surface area contributed by atoms with Gasteiger partial charge in [0.2, 0.25) is 0 Å². The number of ether oxygens (including phenoxy) is 4. The Labute approximate surface area is 254 Å². The number of hydrogen-bond acceptors (Lipinski definition) is 8. The molecule has 2 aromatic carbocycles. The first-order chi connectivity index (χ1) is 20.9. The zero-order valence-electron chi connectivity index (χ0n) is 25.4. The Kier molecular flexibility index (Phi) is 12.2. The predicted molar refractivity (Wildman–Crippen MR) is 161 cm³/mol. The van der Waals surface area contributed by atoms with Crippen LogP contribution in [-0.4, -0.2) is 50.8 Å². The average Bonchev–Trinajstić information content (AvgIpc) is 3.06. The lowest BCUT2D eigenvalue weighted by molar-refractivity contribution is 0.0297. The number of methoxy groups -OCH3 is 1. The molecule has 2 aromatic rings. The number of hydrogen-bond donors (Lipinski definition) is 0. The summed E-state index contributed by atoms with van der Waals surface area (Å²) in [5.41, 5.74) is 1.46. The van der Waals surface area contributed by atoms with Gasteiger partial charge >= 0.3 is 23.9 Å². The van der Waals surface area contributed by atoms with Gasteiger partial charge in [0.05, 0.1) is 49.2 Å². The van der Waals surface area contributed by atoms with E-state index in [0.29, 0.717) is 48.0 Å². The summed E-state index contributed by atoms with van der Waals surface area (Å²) in [7, 11) is 1.31. The minimum absolute atomic E-state index is 0.238. The Bertz CT molecular complexity index is 1220. The van der Waals surface area contributed by atoms with Crippen LogP contribution in [0.3, 0.4) is 0 Å². The molecule has 8 nitrogen and oxygen atoms in total. The first kappa shape index (κ1) is 32.2. The van der Waals surface area contributed by atoms with Crippen molar-refractivity contribution >= 4 is 23.9 Å². The van der Waals surface area contributed by atoms with Crippen molar-refractivity contribution in [3.63, 3.8) is 0 Å². The fourth-order valence-corrected chi connectivity index (χ4v) is 6.12. The minimum atomic E-state index is -0.457.